The summed E-state index contributed by atoms with van der Waals surface area (Å²) in [7, 11) is 0. The maximum Gasteiger partial charge on any atom is 0.415 e. The molecule has 42 heavy (non-hydrogen) atoms. The van der Waals surface area contributed by atoms with Crippen LogP contribution in [0.4, 0.5) is 4.79 Å². The second-order valence-electron chi connectivity index (χ2n) is 11.4. The van der Waals surface area contributed by atoms with Crippen LogP contribution in [0, 0.1) is 0 Å². The zero-order valence-electron chi connectivity index (χ0n) is 24.7. The van der Waals surface area contributed by atoms with Crippen LogP contribution in [-0.2, 0) is 34.7 Å². The monoisotopic (exact) mass is 574 g/mol. The van der Waals surface area contributed by atoms with Gasteiger partial charge >= 0.3 is 12.1 Å². The van der Waals surface area contributed by atoms with Gasteiger partial charge in [-0.05, 0) is 68.6 Å². The molecule has 222 valence electrons. The molecule has 3 aliphatic heterocycles. The van der Waals surface area contributed by atoms with Gasteiger partial charge in [0, 0.05) is 35.6 Å². The van der Waals surface area contributed by atoms with Gasteiger partial charge in [-0.25, -0.2) is 14.6 Å². The minimum atomic E-state index is -1.87. The summed E-state index contributed by atoms with van der Waals surface area (Å²) in [6.45, 7) is 11.6. The van der Waals surface area contributed by atoms with Crippen LogP contribution in [0.3, 0.4) is 0 Å². The number of hydrogen-bond acceptors (Lipinski definition) is 8. The normalized spacial score (nSPS) is 20.0. The zero-order chi connectivity index (χ0) is 29.8. The van der Waals surface area contributed by atoms with E-state index in [-0.39, 0.29) is 24.7 Å². The minimum absolute atomic E-state index is 0.0926. The van der Waals surface area contributed by atoms with Crippen LogP contribution in [0.2, 0.25) is 0 Å². The second-order valence-corrected chi connectivity index (χ2v) is 11.4. The first-order valence-electron chi connectivity index (χ1n) is 15.1. The number of rotatable bonds is 6. The van der Waals surface area contributed by atoms with Crippen LogP contribution in [-0.4, -0.2) is 68.7 Å². The summed E-state index contributed by atoms with van der Waals surface area (Å²) in [5.41, 5.74) is 2.34. The fourth-order valence-corrected chi connectivity index (χ4v) is 6.93. The molecular formula is C32H38N4O6. The average Bonchev–Trinajstić information content (AvgIpc) is 3.37. The first kappa shape index (κ1) is 28.4. The van der Waals surface area contributed by atoms with Crippen LogP contribution in [0.1, 0.15) is 69.2 Å². The van der Waals surface area contributed by atoms with Crippen molar-refractivity contribution < 1.29 is 24.2 Å². The Labute approximate surface area is 244 Å². The summed E-state index contributed by atoms with van der Waals surface area (Å²) in [5.74, 6) is -0.280. The molecule has 1 N–H and O–H groups in total. The average molecular weight is 575 g/mol. The van der Waals surface area contributed by atoms with Crippen LogP contribution >= 0.6 is 0 Å². The number of carbonyl (C=O) groups is 2. The van der Waals surface area contributed by atoms with Crippen molar-refractivity contribution in [2.75, 3.05) is 26.2 Å². The van der Waals surface area contributed by atoms with Crippen LogP contribution in [0.25, 0.3) is 22.3 Å². The van der Waals surface area contributed by atoms with Gasteiger partial charge in [-0.1, -0.05) is 27.7 Å². The number of hydrogen-bond donors (Lipinski definition) is 1. The topological polar surface area (TPSA) is 114 Å². The first-order chi connectivity index (χ1) is 20.2. The Kier molecular flexibility index (Phi) is 7.31. The van der Waals surface area contributed by atoms with Crippen molar-refractivity contribution in [2.24, 2.45) is 0 Å². The highest BCUT2D eigenvalue weighted by Gasteiger charge is 2.45. The van der Waals surface area contributed by atoms with E-state index in [1.54, 1.807) is 28.5 Å². The molecule has 0 aliphatic carbocycles. The third-order valence-corrected chi connectivity index (χ3v) is 9.39. The number of benzene rings is 1. The Hall–Kier alpha value is -3.76. The van der Waals surface area contributed by atoms with Crippen molar-refractivity contribution >= 4 is 23.0 Å². The van der Waals surface area contributed by atoms with Crippen molar-refractivity contribution in [3.63, 3.8) is 0 Å². The predicted octanol–water partition coefficient (Wildman–Crippen LogP) is 3.95. The SMILES string of the molecule is CCc1c2c(nc3ccc(OC(=O)N4CCC(N(CC)CC)CC4)cc13)-c1cc3c(c(=O)n1C2)COC(=O)[C@]3(O)CC. The fourth-order valence-electron chi connectivity index (χ4n) is 6.93. The number of aliphatic hydroxyl groups is 1. The molecule has 0 spiro atoms. The second kappa shape index (κ2) is 10.8. The van der Waals surface area contributed by atoms with E-state index in [9.17, 15) is 19.5 Å². The van der Waals surface area contributed by atoms with E-state index in [2.05, 4.69) is 18.7 Å². The Morgan fingerprint density at radius 3 is 2.52 bits per heavy atom. The number of esters is 1. The van der Waals surface area contributed by atoms with Crippen molar-refractivity contribution in [1.82, 2.24) is 19.4 Å². The molecule has 1 saturated heterocycles. The first-order valence-corrected chi connectivity index (χ1v) is 15.1. The number of likely N-dealkylation sites (tertiary alicyclic amines) is 1. The maximum atomic E-state index is 13.6. The third kappa shape index (κ3) is 4.39. The molecule has 5 heterocycles. The molecule has 0 unspecified atom stereocenters. The van der Waals surface area contributed by atoms with Gasteiger partial charge in [-0.2, -0.15) is 0 Å². The molecule has 1 fully saturated rings. The Morgan fingerprint density at radius 2 is 1.86 bits per heavy atom. The Bertz CT molecular complexity index is 1640. The number of amides is 1. The maximum absolute atomic E-state index is 13.6. The quantitative estimate of drug-likeness (QED) is 0.345. The van der Waals surface area contributed by atoms with Crippen LogP contribution in [0.15, 0.2) is 29.1 Å². The largest absolute Gasteiger partial charge is 0.458 e. The van der Waals surface area contributed by atoms with Gasteiger partial charge in [0.15, 0.2) is 5.60 Å². The molecule has 3 aromatic rings. The van der Waals surface area contributed by atoms with Gasteiger partial charge < -0.3 is 28.9 Å². The van der Waals surface area contributed by atoms with Gasteiger partial charge in [-0.3, -0.25) is 4.79 Å². The molecule has 3 aliphatic rings. The minimum Gasteiger partial charge on any atom is -0.458 e. The van der Waals surface area contributed by atoms with Crippen molar-refractivity contribution in [3.8, 4) is 17.1 Å². The molecular weight excluding hydrogens is 536 g/mol. The summed E-state index contributed by atoms with van der Waals surface area (Å²) in [4.78, 5) is 48.3. The Morgan fingerprint density at radius 1 is 1.12 bits per heavy atom. The van der Waals surface area contributed by atoms with Crippen molar-refractivity contribution in [2.45, 2.75) is 78.2 Å². The summed E-state index contributed by atoms with van der Waals surface area (Å²) in [6.07, 6.45) is 2.30. The van der Waals surface area contributed by atoms with E-state index < -0.39 is 11.6 Å². The summed E-state index contributed by atoms with van der Waals surface area (Å²) in [5, 5.41) is 12.0. The molecule has 1 amide bonds. The van der Waals surface area contributed by atoms with Crippen LogP contribution < -0.4 is 10.3 Å². The third-order valence-electron chi connectivity index (χ3n) is 9.39. The predicted molar refractivity (Wildman–Crippen MR) is 157 cm³/mol. The van der Waals surface area contributed by atoms with Crippen LogP contribution in [0.5, 0.6) is 5.75 Å². The van der Waals surface area contributed by atoms with E-state index in [4.69, 9.17) is 14.5 Å². The molecule has 1 atom stereocenters. The molecule has 2 aromatic heterocycles. The van der Waals surface area contributed by atoms with Gasteiger partial charge in [0.05, 0.1) is 29.0 Å². The molecule has 1 aromatic carbocycles. The standard InChI is InChI=1S/C32H38N4O6/c1-5-21-22-15-20(42-31(39)35-13-11-19(12-14-35)34(7-3)8-4)9-10-26(22)33-28-23(21)17-36-27(28)16-25-24(29(36)37)18-41-30(38)32(25,40)6-2/h9-10,15-16,19,40H,5-8,11-14,17-18H2,1-4H3/t32-/m0/s1. The molecule has 10 nitrogen and oxygen atoms in total. The lowest BCUT2D eigenvalue weighted by atomic mass is 9.86. The van der Waals surface area contributed by atoms with Gasteiger partial charge in [0.25, 0.3) is 5.56 Å². The summed E-state index contributed by atoms with van der Waals surface area (Å²) >= 11 is 0. The zero-order valence-corrected chi connectivity index (χ0v) is 24.7. The van der Waals surface area contributed by atoms with E-state index in [1.165, 1.54) is 0 Å². The lowest BCUT2D eigenvalue weighted by Crippen LogP contribution is -2.47. The number of pyridine rings is 2. The number of piperidine rings is 1. The number of cyclic esters (lactones) is 1. The van der Waals surface area contributed by atoms with Gasteiger partial charge in [0.1, 0.15) is 12.4 Å². The number of aromatic nitrogens is 2. The highest BCUT2D eigenvalue weighted by atomic mass is 16.6. The summed E-state index contributed by atoms with van der Waals surface area (Å²) in [6, 6.07) is 7.67. The molecule has 10 heteroatoms. The number of aryl methyl sites for hydroxylation is 1. The van der Waals surface area contributed by atoms with E-state index in [1.807, 2.05) is 19.1 Å². The number of fused-ring (bicyclic) bond motifs is 5. The Balaban J connectivity index is 1.31. The molecule has 6 rings (SSSR count). The van der Waals surface area contributed by atoms with Gasteiger partial charge in [-0.15, -0.1) is 0 Å². The highest BCUT2D eigenvalue weighted by Crippen LogP contribution is 2.40. The van der Waals surface area contributed by atoms with E-state index in [0.717, 1.165) is 42.4 Å². The highest BCUT2D eigenvalue weighted by molar-refractivity contribution is 5.90. The number of carbonyl (C=O) groups excluding carboxylic acids is 2. The fraction of sp³-hybridized carbons (Fsp3) is 0.500. The van der Waals surface area contributed by atoms with E-state index >= 15 is 0 Å². The summed E-state index contributed by atoms with van der Waals surface area (Å²) < 4.78 is 12.7. The number of nitrogens with zero attached hydrogens (tertiary/aromatic N) is 4. The van der Waals surface area contributed by atoms with Crippen molar-refractivity contribution in [3.05, 3.63) is 56.9 Å². The molecule has 0 saturated carbocycles. The molecule has 0 bridgehead atoms. The smallest absolute Gasteiger partial charge is 0.415 e. The lowest BCUT2D eigenvalue weighted by molar-refractivity contribution is -0.172. The lowest BCUT2D eigenvalue weighted by Gasteiger charge is -2.37. The molecule has 0 radical (unpaired) electrons. The number of ether oxygens (including phenoxy) is 2. The van der Waals surface area contributed by atoms with Crippen molar-refractivity contribution in [1.29, 1.82) is 0 Å². The van der Waals surface area contributed by atoms with Gasteiger partial charge in [0.2, 0.25) is 0 Å². The van der Waals surface area contributed by atoms with E-state index in [0.29, 0.717) is 65.9 Å².